The summed E-state index contributed by atoms with van der Waals surface area (Å²) in [6.07, 6.45) is 3.31. The average molecular weight is 287 g/mol. The molecule has 0 spiro atoms. The van der Waals surface area contributed by atoms with Gasteiger partial charge in [0.2, 0.25) is 0 Å². The van der Waals surface area contributed by atoms with Gasteiger partial charge < -0.3 is 9.64 Å². The van der Waals surface area contributed by atoms with Crippen LogP contribution >= 0.6 is 0 Å². The molecule has 2 aliphatic rings. The van der Waals surface area contributed by atoms with E-state index in [-0.39, 0.29) is 17.5 Å². The van der Waals surface area contributed by atoms with E-state index in [1.807, 2.05) is 26.1 Å². The van der Waals surface area contributed by atoms with E-state index in [1.165, 1.54) is 0 Å². The minimum Gasteiger partial charge on any atom is -0.466 e. The van der Waals surface area contributed by atoms with Gasteiger partial charge in [-0.1, -0.05) is 0 Å². The van der Waals surface area contributed by atoms with Crippen LogP contribution in [0.25, 0.3) is 0 Å². The number of hydrogen-bond donors (Lipinski definition) is 0. The van der Waals surface area contributed by atoms with Gasteiger partial charge in [0, 0.05) is 12.6 Å². The van der Waals surface area contributed by atoms with E-state index in [2.05, 4.69) is 4.90 Å². The Morgan fingerprint density at radius 2 is 2.14 bits per heavy atom. The Morgan fingerprint density at radius 3 is 2.76 bits per heavy atom. The molecule has 5 nitrogen and oxygen atoms in total. The summed E-state index contributed by atoms with van der Waals surface area (Å²) in [5, 5.41) is 18.0. The van der Waals surface area contributed by atoms with Crippen molar-refractivity contribution in [3.05, 3.63) is 11.1 Å². The van der Waals surface area contributed by atoms with E-state index in [9.17, 15) is 4.79 Å². The molecule has 0 amide bonds. The molecule has 112 valence electrons. The van der Waals surface area contributed by atoms with Gasteiger partial charge in [0.05, 0.1) is 12.5 Å². The Labute approximate surface area is 125 Å². The number of nitriles is 2. The lowest BCUT2D eigenvalue weighted by Crippen LogP contribution is -2.50. The monoisotopic (exact) mass is 287 g/mol. The van der Waals surface area contributed by atoms with Crippen molar-refractivity contribution in [2.24, 2.45) is 11.8 Å². The molecule has 0 aromatic heterocycles. The van der Waals surface area contributed by atoms with Gasteiger partial charge in [0.15, 0.2) is 0 Å². The molecule has 5 heteroatoms. The molecular formula is C16H21N3O2. The van der Waals surface area contributed by atoms with Gasteiger partial charge in [0.1, 0.15) is 17.7 Å². The molecule has 21 heavy (non-hydrogen) atoms. The Hall–Kier alpha value is -1.85. The second-order valence-electron chi connectivity index (χ2n) is 5.90. The van der Waals surface area contributed by atoms with Crippen LogP contribution in [0.4, 0.5) is 0 Å². The summed E-state index contributed by atoms with van der Waals surface area (Å²) >= 11 is 0. The summed E-state index contributed by atoms with van der Waals surface area (Å²) in [7, 11) is 2.05. The van der Waals surface area contributed by atoms with Gasteiger partial charge in [-0.15, -0.1) is 0 Å². The van der Waals surface area contributed by atoms with Crippen LogP contribution in [0, 0.1) is 34.5 Å². The summed E-state index contributed by atoms with van der Waals surface area (Å²) in [6.45, 7) is 2.97. The molecule has 3 atom stereocenters. The van der Waals surface area contributed by atoms with E-state index >= 15 is 0 Å². The third-order valence-corrected chi connectivity index (χ3v) is 4.65. The van der Waals surface area contributed by atoms with E-state index in [0.717, 1.165) is 37.8 Å². The van der Waals surface area contributed by atoms with Crippen molar-refractivity contribution in [2.45, 2.75) is 38.6 Å². The highest BCUT2D eigenvalue weighted by molar-refractivity contribution is 5.72. The predicted molar refractivity (Wildman–Crippen MR) is 76.8 cm³/mol. The van der Waals surface area contributed by atoms with Crippen LogP contribution in [0.3, 0.4) is 0 Å². The first-order valence-corrected chi connectivity index (χ1v) is 7.49. The van der Waals surface area contributed by atoms with E-state index in [0.29, 0.717) is 18.6 Å². The van der Waals surface area contributed by atoms with Gasteiger partial charge in [0.25, 0.3) is 0 Å². The molecule has 0 radical (unpaired) electrons. The molecule has 0 unspecified atom stereocenters. The molecule has 0 N–H and O–H groups in total. The van der Waals surface area contributed by atoms with Crippen LogP contribution in [-0.4, -0.2) is 37.1 Å². The van der Waals surface area contributed by atoms with Crippen molar-refractivity contribution in [3.8, 4) is 12.1 Å². The summed E-state index contributed by atoms with van der Waals surface area (Å²) < 4.78 is 5.14. The Morgan fingerprint density at radius 1 is 1.43 bits per heavy atom. The first-order valence-electron chi connectivity index (χ1n) is 7.49. The Balaban J connectivity index is 2.13. The lowest BCUT2D eigenvalue weighted by atomic mass is 9.72. The number of piperidine rings is 1. The topological polar surface area (TPSA) is 77.1 Å². The molecule has 1 heterocycles. The number of allylic oxidation sites excluding steroid dienone is 2. The van der Waals surface area contributed by atoms with Crippen molar-refractivity contribution < 1.29 is 9.53 Å². The van der Waals surface area contributed by atoms with Crippen LogP contribution in [0.1, 0.15) is 32.6 Å². The fourth-order valence-electron chi connectivity index (χ4n) is 3.70. The number of ether oxygens (including phenoxy) is 1. The largest absolute Gasteiger partial charge is 0.466 e. The number of hydrogen-bond acceptors (Lipinski definition) is 5. The number of carbonyl (C=O) groups excluding carboxylic acids is 1. The first kappa shape index (κ1) is 15.5. The highest BCUT2D eigenvalue weighted by Crippen LogP contribution is 2.40. The summed E-state index contributed by atoms with van der Waals surface area (Å²) in [5.74, 6) is 0.112. The average Bonchev–Trinajstić information content (AvgIpc) is 2.48. The molecule has 0 bridgehead atoms. The molecule has 2 rings (SSSR count). The lowest BCUT2D eigenvalue weighted by Gasteiger charge is -2.45. The minimum absolute atomic E-state index is 0.0943. The van der Waals surface area contributed by atoms with Crippen LogP contribution in [0.5, 0.6) is 0 Å². The van der Waals surface area contributed by atoms with Crippen molar-refractivity contribution in [1.82, 2.24) is 4.90 Å². The van der Waals surface area contributed by atoms with Crippen molar-refractivity contribution in [3.63, 3.8) is 0 Å². The number of nitrogens with zero attached hydrogens (tertiary/aromatic N) is 3. The third kappa shape index (κ3) is 3.25. The molecule has 1 aliphatic carbocycles. The number of rotatable bonds is 2. The highest BCUT2D eigenvalue weighted by Gasteiger charge is 2.40. The van der Waals surface area contributed by atoms with Crippen LogP contribution in [0.2, 0.25) is 0 Å². The maximum Gasteiger partial charge on any atom is 0.310 e. The molecule has 0 aromatic rings. The fraction of sp³-hybridized carbons (Fsp3) is 0.688. The zero-order chi connectivity index (χ0) is 15.4. The molecule has 0 aromatic carbocycles. The molecule has 2 fully saturated rings. The summed E-state index contributed by atoms with van der Waals surface area (Å²) in [5.41, 5.74) is 1.22. The zero-order valence-corrected chi connectivity index (χ0v) is 12.6. The Bertz CT molecular complexity index is 511. The maximum atomic E-state index is 12.0. The molecular weight excluding hydrogens is 266 g/mol. The van der Waals surface area contributed by atoms with Crippen molar-refractivity contribution >= 4 is 5.97 Å². The van der Waals surface area contributed by atoms with E-state index in [1.54, 1.807) is 0 Å². The van der Waals surface area contributed by atoms with Crippen LogP contribution < -0.4 is 0 Å². The lowest BCUT2D eigenvalue weighted by molar-refractivity contribution is -0.151. The number of likely N-dealkylation sites (tertiary alicyclic amines) is 1. The van der Waals surface area contributed by atoms with Gasteiger partial charge in [-0.05, 0) is 51.1 Å². The quantitative estimate of drug-likeness (QED) is 0.573. The smallest absolute Gasteiger partial charge is 0.310 e. The van der Waals surface area contributed by atoms with Gasteiger partial charge >= 0.3 is 5.97 Å². The van der Waals surface area contributed by atoms with Crippen LogP contribution in [-0.2, 0) is 9.53 Å². The fourth-order valence-corrected chi connectivity index (χ4v) is 3.70. The maximum absolute atomic E-state index is 12.0. The molecule has 1 saturated heterocycles. The Kier molecular flexibility index (Phi) is 4.98. The minimum atomic E-state index is -0.125. The SMILES string of the molecule is CCOC(=O)[C@@H]1C[C@@H]2CC(=C(C#N)C#N)CC[C@H]2N(C)C1. The summed E-state index contributed by atoms with van der Waals surface area (Å²) in [4.78, 5) is 14.2. The summed E-state index contributed by atoms with van der Waals surface area (Å²) in [6, 6.07) is 4.43. The normalized spacial score (nSPS) is 29.0. The second-order valence-corrected chi connectivity index (χ2v) is 5.90. The predicted octanol–water partition coefficient (Wildman–Crippen LogP) is 2.01. The second kappa shape index (κ2) is 6.74. The highest BCUT2D eigenvalue weighted by atomic mass is 16.5. The standard InChI is InChI=1S/C16H21N3O2/c1-3-21-16(20)13-7-12-6-11(14(8-17)9-18)4-5-15(12)19(2)10-13/h12-13,15H,3-7,10H2,1-2H3/t12-,13+,15+/m0/s1. The van der Waals surface area contributed by atoms with Gasteiger partial charge in [-0.2, -0.15) is 10.5 Å². The number of fused-ring (bicyclic) bond motifs is 1. The zero-order valence-electron chi connectivity index (χ0n) is 12.6. The van der Waals surface area contributed by atoms with Crippen molar-refractivity contribution in [2.75, 3.05) is 20.2 Å². The first-order chi connectivity index (χ1) is 10.1. The molecule has 1 saturated carbocycles. The van der Waals surface area contributed by atoms with E-state index in [4.69, 9.17) is 15.3 Å². The van der Waals surface area contributed by atoms with Gasteiger partial charge in [-0.25, -0.2) is 0 Å². The van der Waals surface area contributed by atoms with E-state index < -0.39 is 0 Å². The number of esters is 1. The number of carbonyl (C=O) groups is 1. The third-order valence-electron chi connectivity index (χ3n) is 4.65. The molecule has 1 aliphatic heterocycles. The van der Waals surface area contributed by atoms with Crippen molar-refractivity contribution in [1.29, 1.82) is 10.5 Å². The van der Waals surface area contributed by atoms with Crippen LogP contribution in [0.15, 0.2) is 11.1 Å². The van der Waals surface area contributed by atoms with Gasteiger partial charge in [-0.3, -0.25) is 4.79 Å².